The lowest BCUT2D eigenvalue weighted by molar-refractivity contribution is -0.142. The molecule has 1 aliphatic carbocycles. The van der Waals surface area contributed by atoms with Gasteiger partial charge in [0.15, 0.2) is 5.16 Å². The lowest BCUT2D eigenvalue weighted by atomic mass is 9.86. The fourth-order valence-electron chi connectivity index (χ4n) is 3.09. The Morgan fingerprint density at radius 3 is 2.58 bits per heavy atom. The third-order valence-corrected chi connectivity index (χ3v) is 5.55. The van der Waals surface area contributed by atoms with Crippen molar-refractivity contribution in [2.45, 2.75) is 43.8 Å². The maximum absolute atomic E-state index is 12.2. The van der Waals surface area contributed by atoms with Crippen molar-refractivity contribution in [3.05, 3.63) is 36.2 Å². The third kappa shape index (κ3) is 4.63. The number of carboxylic acids is 1. The van der Waals surface area contributed by atoms with Crippen LogP contribution in [0.2, 0.25) is 0 Å². The number of amides is 1. The molecule has 1 heterocycles. The molecule has 0 saturated heterocycles. The Kier molecular flexibility index (Phi) is 5.92. The van der Waals surface area contributed by atoms with Crippen molar-refractivity contribution >= 4 is 23.6 Å². The van der Waals surface area contributed by atoms with E-state index >= 15 is 0 Å². The number of nitrogens with zero attached hydrogens (tertiary/aromatic N) is 3. The van der Waals surface area contributed by atoms with E-state index in [4.69, 9.17) is 5.11 Å². The van der Waals surface area contributed by atoms with E-state index in [1.54, 1.807) is 6.33 Å². The molecule has 1 amide bonds. The average molecular weight is 374 g/mol. The molecule has 8 heteroatoms. The van der Waals surface area contributed by atoms with Crippen molar-refractivity contribution in [3.8, 4) is 5.69 Å². The van der Waals surface area contributed by atoms with Gasteiger partial charge in [0, 0.05) is 11.7 Å². The first-order valence-electron chi connectivity index (χ1n) is 8.65. The molecule has 2 aromatic rings. The summed E-state index contributed by atoms with van der Waals surface area (Å²) in [6.45, 7) is 2.03. The normalized spacial score (nSPS) is 19.9. The summed E-state index contributed by atoms with van der Waals surface area (Å²) in [7, 11) is 0. The fourth-order valence-corrected chi connectivity index (χ4v) is 3.83. The number of carboxylic acid groups (broad SMARTS) is 1. The number of nitrogens with one attached hydrogen (secondary N) is 1. The Bertz CT molecular complexity index is 767. The van der Waals surface area contributed by atoms with Gasteiger partial charge < -0.3 is 10.4 Å². The smallest absolute Gasteiger partial charge is 0.306 e. The van der Waals surface area contributed by atoms with Gasteiger partial charge >= 0.3 is 5.97 Å². The minimum absolute atomic E-state index is 0.0627. The molecule has 3 rings (SSSR count). The minimum atomic E-state index is -0.735. The topological polar surface area (TPSA) is 97.1 Å². The number of carbonyl (C=O) groups excluding carboxylic acids is 1. The summed E-state index contributed by atoms with van der Waals surface area (Å²) in [6, 6.07) is 8.08. The second-order valence-electron chi connectivity index (χ2n) is 6.56. The van der Waals surface area contributed by atoms with Crippen LogP contribution in [0, 0.1) is 12.8 Å². The summed E-state index contributed by atoms with van der Waals surface area (Å²) in [5, 5.41) is 20.7. The number of hydrogen-bond acceptors (Lipinski definition) is 5. The summed E-state index contributed by atoms with van der Waals surface area (Å²) in [5.41, 5.74) is 2.13. The van der Waals surface area contributed by atoms with Crippen LogP contribution in [0.15, 0.2) is 35.7 Å². The Balaban J connectivity index is 1.51. The van der Waals surface area contributed by atoms with Crippen molar-refractivity contribution in [1.82, 2.24) is 20.1 Å². The second-order valence-corrected chi connectivity index (χ2v) is 7.50. The maximum Gasteiger partial charge on any atom is 0.306 e. The maximum atomic E-state index is 12.2. The van der Waals surface area contributed by atoms with Crippen molar-refractivity contribution < 1.29 is 14.7 Å². The molecule has 0 unspecified atom stereocenters. The summed E-state index contributed by atoms with van der Waals surface area (Å²) < 4.78 is 1.86. The SMILES string of the molecule is Cc1ccc(-n2cnnc2SCC(=O)NC2CCC(C(=O)O)CC2)cc1. The van der Waals surface area contributed by atoms with Crippen LogP contribution in [0.1, 0.15) is 31.2 Å². The van der Waals surface area contributed by atoms with Gasteiger partial charge in [-0.25, -0.2) is 0 Å². The van der Waals surface area contributed by atoms with Gasteiger partial charge in [0.25, 0.3) is 0 Å². The van der Waals surface area contributed by atoms with E-state index in [0.29, 0.717) is 30.8 Å². The molecule has 0 bridgehead atoms. The zero-order valence-electron chi connectivity index (χ0n) is 14.6. The fraction of sp³-hybridized carbons (Fsp3) is 0.444. The minimum Gasteiger partial charge on any atom is -0.481 e. The lowest BCUT2D eigenvalue weighted by Crippen LogP contribution is -2.39. The molecule has 26 heavy (non-hydrogen) atoms. The molecule has 0 atom stereocenters. The highest BCUT2D eigenvalue weighted by atomic mass is 32.2. The predicted octanol–water partition coefficient (Wildman–Crippen LogP) is 2.43. The number of carbonyl (C=O) groups is 2. The van der Waals surface area contributed by atoms with E-state index in [9.17, 15) is 9.59 Å². The summed E-state index contributed by atoms with van der Waals surface area (Å²) in [6.07, 6.45) is 4.31. The van der Waals surface area contributed by atoms with E-state index in [0.717, 1.165) is 5.69 Å². The highest BCUT2D eigenvalue weighted by molar-refractivity contribution is 7.99. The number of hydrogen-bond donors (Lipinski definition) is 2. The molecule has 0 spiro atoms. The van der Waals surface area contributed by atoms with Crippen molar-refractivity contribution in [1.29, 1.82) is 0 Å². The first kappa shape index (κ1) is 18.4. The van der Waals surface area contributed by atoms with Crippen LogP contribution in [-0.4, -0.2) is 43.5 Å². The van der Waals surface area contributed by atoms with Gasteiger partial charge in [-0.05, 0) is 44.7 Å². The number of thioether (sulfide) groups is 1. The number of aryl methyl sites for hydroxylation is 1. The number of aliphatic carboxylic acids is 1. The summed E-state index contributed by atoms with van der Waals surface area (Å²) in [5.74, 6) is -0.817. The zero-order chi connectivity index (χ0) is 18.5. The van der Waals surface area contributed by atoms with Gasteiger partial charge in [0.05, 0.1) is 11.7 Å². The van der Waals surface area contributed by atoms with Crippen LogP contribution in [-0.2, 0) is 9.59 Å². The average Bonchev–Trinajstić information content (AvgIpc) is 3.09. The molecule has 138 valence electrons. The molecule has 2 N–H and O–H groups in total. The Labute approximate surface area is 156 Å². The molecule has 1 saturated carbocycles. The molecule has 1 aliphatic rings. The number of rotatable bonds is 6. The molecule has 0 aliphatic heterocycles. The zero-order valence-corrected chi connectivity index (χ0v) is 15.4. The van der Waals surface area contributed by atoms with E-state index in [1.165, 1.54) is 17.3 Å². The van der Waals surface area contributed by atoms with Crippen LogP contribution in [0.3, 0.4) is 0 Å². The third-order valence-electron chi connectivity index (χ3n) is 4.60. The molecule has 1 aromatic carbocycles. The van der Waals surface area contributed by atoms with Crippen molar-refractivity contribution in [2.24, 2.45) is 5.92 Å². The summed E-state index contributed by atoms with van der Waals surface area (Å²) >= 11 is 1.34. The van der Waals surface area contributed by atoms with Gasteiger partial charge in [-0.15, -0.1) is 10.2 Å². The standard InChI is InChI=1S/C18H22N4O3S/c1-12-2-8-15(9-3-12)22-11-19-21-18(22)26-10-16(23)20-14-6-4-13(5-7-14)17(24)25/h2-3,8-9,11,13-14H,4-7,10H2,1H3,(H,20,23)(H,24,25). The van der Waals surface area contributed by atoms with Crippen molar-refractivity contribution in [3.63, 3.8) is 0 Å². The van der Waals surface area contributed by atoms with E-state index in [2.05, 4.69) is 15.5 Å². The highest BCUT2D eigenvalue weighted by Crippen LogP contribution is 2.25. The first-order chi connectivity index (χ1) is 12.5. The van der Waals surface area contributed by atoms with Crippen LogP contribution in [0.5, 0.6) is 0 Å². The van der Waals surface area contributed by atoms with Gasteiger partial charge in [-0.2, -0.15) is 0 Å². The highest BCUT2D eigenvalue weighted by Gasteiger charge is 2.26. The predicted molar refractivity (Wildman–Crippen MR) is 98.3 cm³/mol. The van der Waals surface area contributed by atoms with Gasteiger partial charge in [-0.3, -0.25) is 14.2 Å². The van der Waals surface area contributed by atoms with E-state index < -0.39 is 5.97 Å². The van der Waals surface area contributed by atoms with Crippen LogP contribution in [0.4, 0.5) is 0 Å². The van der Waals surface area contributed by atoms with E-state index in [-0.39, 0.29) is 23.6 Å². The number of aromatic nitrogens is 3. The second kappa shape index (κ2) is 8.35. The summed E-state index contributed by atoms with van der Waals surface area (Å²) in [4.78, 5) is 23.2. The van der Waals surface area contributed by atoms with Crippen LogP contribution >= 0.6 is 11.8 Å². The van der Waals surface area contributed by atoms with Gasteiger partial charge in [-0.1, -0.05) is 29.5 Å². The molecular weight excluding hydrogens is 352 g/mol. The Morgan fingerprint density at radius 2 is 1.92 bits per heavy atom. The van der Waals surface area contributed by atoms with Crippen LogP contribution in [0.25, 0.3) is 5.69 Å². The molecular formula is C18H22N4O3S. The number of benzene rings is 1. The molecule has 1 fully saturated rings. The quantitative estimate of drug-likeness (QED) is 0.754. The van der Waals surface area contributed by atoms with E-state index in [1.807, 2.05) is 35.8 Å². The Hall–Kier alpha value is -2.35. The van der Waals surface area contributed by atoms with Crippen molar-refractivity contribution in [2.75, 3.05) is 5.75 Å². The molecule has 1 aromatic heterocycles. The Morgan fingerprint density at radius 1 is 1.23 bits per heavy atom. The monoisotopic (exact) mass is 374 g/mol. The molecule has 7 nitrogen and oxygen atoms in total. The van der Waals surface area contributed by atoms with Gasteiger partial charge in [0.2, 0.25) is 5.91 Å². The molecule has 0 radical (unpaired) electrons. The van der Waals surface area contributed by atoms with Crippen LogP contribution < -0.4 is 5.32 Å². The lowest BCUT2D eigenvalue weighted by Gasteiger charge is -2.26. The van der Waals surface area contributed by atoms with Gasteiger partial charge in [0.1, 0.15) is 6.33 Å². The largest absolute Gasteiger partial charge is 0.481 e. The first-order valence-corrected chi connectivity index (χ1v) is 9.63.